The average molecular weight is 354 g/mol. The highest BCUT2D eigenvalue weighted by atomic mass is 19.4. The zero-order chi connectivity index (χ0) is 19.2. The van der Waals surface area contributed by atoms with Gasteiger partial charge < -0.3 is 10.2 Å². The van der Waals surface area contributed by atoms with E-state index in [4.69, 9.17) is 0 Å². The molecule has 0 spiro atoms. The van der Waals surface area contributed by atoms with Crippen molar-refractivity contribution in [2.45, 2.75) is 26.4 Å². The minimum atomic E-state index is -4.57. The summed E-state index contributed by atoms with van der Waals surface area (Å²) in [6.45, 7) is 2.97. The predicted molar refractivity (Wildman–Crippen MR) is 91.4 cm³/mol. The molecule has 7 heteroatoms. The number of ketones is 1. The lowest BCUT2D eigenvalue weighted by Gasteiger charge is -2.23. The fraction of sp³-hybridized carbons (Fsp3) is 0.333. The van der Waals surface area contributed by atoms with Gasteiger partial charge in [-0.05, 0) is 31.6 Å². The SMILES string of the molecule is CC/C=C(/C=C(/C(=O)NC)N(C)c1cccc(C(C)=O)c1)C(F)(F)F. The smallest absolute Gasteiger partial charge is 0.354 e. The maximum Gasteiger partial charge on any atom is 0.416 e. The van der Waals surface area contributed by atoms with Gasteiger partial charge in [-0.15, -0.1) is 0 Å². The molecule has 0 saturated heterocycles. The Hall–Kier alpha value is -2.57. The second-order valence-electron chi connectivity index (χ2n) is 5.34. The zero-order valence-corrected chi connectivity index (χ0v) is 14.6. The molecule has 136 valence electrons. The van der Waals surface area contributed by atoms with Crippen molar-refractivity contribution in [3.05, 3.63) is 53.3 Å². The normalized spacial score (nSPS) is 12.8. The fourth-order valence-corrected chi connectivity index (χ4v) is 2.14. The van der Waals surface area contributed by atoms with E-state index in [0.29, 0.717) is 11.3 Å². The van der Waals surface area contributed by atoms with E-state index in [1.165, 1.54) is 32.0 Å². The third kappa shape index (κ3) is 5.48. The molecule has 0 fully saturated rings. The van der Waals surface area contributed by atoms with Gasteiger partial charge in [0.25, 0.3) is 5.91 Å². The lowest BCUT2D eigenvalue weighted by molar-refractivity contribution is -0.117. The second-order valence-corrected chi connectivity index (χ2v) is 5.34. The number of likely N-dealkylation sites (N-methyl/N-ethyl adjacent to an activating group) is 2. The number of allylic oxidation sites excluding steroid dienone is 3. The number of rotatable bonds is 6. The van der Waals surface area contributed by atoms with Crippen LogP contribution < -0.4 is 10.2 Å². The molecule has 0 saturated carbocycles. The Bertz CT molecular complexity index is 707. The molecule has 0 atom stereocenters. The van der Waals surface area contributed by atoms with Crippen LogP contribution in [0.2, 0.25) is 0 Å². The summed E-state index contributed by atoms with van der Waals surface area (Å²) in [5.41, 5.74) is -0.246. The molecule has 0 heterocycles. The van der Waals surface area contributed by atoms with Crippen molar-refractivity contribution in [3.8, 4) is 0 Å². The molecule has 0 unspecified atom stereocenters. The van der Waals surface area contributed by atoms with Crippen molar-refractivity contribution in [2.75, 3.05) is 19.0 Å². The lowest BCUT2D eigenvalue weighted by Crippen LogP contribution is -2.31. The van der Waals surface area contributed by atoms with E-state index in [9.17, 15) is 22.8 Å². The van der Waals surface area contributed by atoms with Crippen molar-refractivity contribution in [1.29, 1.82) is 0 Å². The van der Waals surface area contributed by atoms with Crippen molar-refractivity contribution in [2.24, 2.45) is 0 Å². The van der Waals surface area contributed by atoms with Gasteiger partial charge in [-0.1, -0.05) is 25.1 Å². The quantitative estimate of drug-likeness (QED) is 0.480. The number of carbonyl (C=O) groups excluding carboxylic acids is 2. The third-order valence-electron chi connectivity index (χ3n) is 3.50. The molecule has 0 aliphatic rings. The first-order valence-electron chi connectivity index (χ1n) is 7.67. The van der Waals surface area contributed by atoms with E-state index in [0.717, 1.165) is 12.2 Å². The van der Waals surface area contributed by atoms with Gasteiger partial charge in [-0.2, -0.15) is 13.2 Å². The predicted octanol–water partition coefficient (Wildman–Crippen LogP) is 3.85. The van der Waals surface area contributed by atoms with Gasteiger partial charge in [0, 0.05) is 25.3 Å². The number of Topliss-reactive ketones (excluding diaryl/α,β-unsaturated/α-hetero) is 1. The molecule has 1 N–H and O–H groups in total. The summed E-state index contributed by atoms with van der Waals surface area (Å²) in [6.07, 6.45) is -2.57. The number of nitrogens with one attached hydrogen (secondary N) is 1. The molecule has 1 rings (SSSR count). The van der Waals surface area contributed by atoms with Crippen LogP contribution in [-0.2, 0) is 4.79 Å². The van der Waals surface area contributed by atoms with Crippen LogP contribution in [0.4, 0.5) is 18.9 Å². The van der Waals surface area contributed by atoms with E-state index in [1.54, 1.807) is 25.1 Å². The summed E-state index contributed by atoms with van der Waals surface area (Å²) in [5.74, 6) is -0.843. The summed E-state index contributed by atoms with van der Waals surface area (Å²) < 4.78 is 39.5. The van der Waals surface area contributed by atoms with Crippen LogP contribution >= 0.6 is 0 Å². The lowest BCUT2D eigenvalue weighted by atomic mass is 10.1. The van der Waals surface area contributed by atoms with E-state index in [2.05, 4.69) is 5.32 Å². The Morgan fingerprint density at radius 1 is 1.28 bits per heavy atom. The Labute approximate surface area is 145 Å². The maximum absolute atomic E-state index is 13.2. The summed E-state index contributed by atoms with van der Waals surface area (Å²) in [7, 11) is 2.81. The van der Waals surface area contributed by atoms with Crippen LogP contribution in [0.25, 0.3) is 0 Å². The van der Waals surface area contributed by atoms with Crippen molar-refractivity contribution < 1.29 is 22.8 Å². The molecule has 0 radical (unpaired) electrons. The highest BCUT2D eigenvalue weighted by molar-refractivity contribution is 5.98. The Morgan fingerprint density at radius 3 is 2.40 bits per heavy atom. The van der Waals surface area contributed by atoms with Gasteiger partial charge >= 0.3 is 6.18 Å². The van der Waals surface area contributed by atoms with Gasteiger partial charge in [0.05, 0.1) is 5.57 Å². The third-order valence-corrected chi connectivity index (χ3v) is 3.50. The summed E-state index contributed by atoms with van der Waals surface area (Å²) in [5, 5.41) is 2.34. The van der Waals surface area contributed by atoms with Gasteiger partial charge in [0.1, 0.15) is 5.70 Å². The Balaban J connectivity index is 3.42. The van der Waals surface area contributed by atoms with E-state index >= 15 is 0 Å². The molecule has 25 heavy (non-hydrogen) atoms. The van der Waals surface area contributed by atoms with Gasteiger partial charge in [0.15, 0.2) is 5.78 Å². The topological polar surface area (TPSA) is 49.4 Å². The summed E-state index contributed by atoms with van der Waals surface area (Å²) >= 11 is 0. The Morgan fingerprint density at radius 2 is 1.92 bits per heavy atom. The highest BCUT2D eigenvalue weighted by Crippen LogP contribution is 2.29. The maximum atomic E-state index is 13.2. The first kappa shape index (κ1) is 20.5. The van der Waals surface area contributed by atoms with Crippen LogP contribution in [0.3, 0.4) is 0 Å². The number of benzene rings is 1. The minimum absolute atomic E-state index is 0.176. The largest absolute Gasteiger partial charge is 0.416 e. The molecule has 1 amide bonds. The highest BCUT2D eigenvalue weighted by Gasteiger charge is 2.33. The minimum Gasteiger partial charge on any atom is -0.354 e. The van der Waals surface area contributed by atoms with Crippen LogP contribution in [0.1, 0.15) is 30.6 Å². The molecule has 4 nitrogen and oxygen atoms in total. The van der Waals surface area contributed by atoms with Crippen LogP contribution in [0, 0.1) is 0 Å². The van der Waals surface area contributed by atoms with E-state index in [1.807, 2.05) is 0 Å². The molecule has 1 aromatic rings. The second kappa shape index (κ2) is 8.50. The van der Waals surface area contributed by atoms with Crippen molar-refractivity contribution >= 4 is 17.4 Å². The molecular formula is C18H21F3N2O2. The molecule has 1 aromatic carbocycles. The number of halogens is 3. The van der Waals surface area contributed by atoms with Crippen LogP contribution in [-0.4, -0.2) is 32.0 Å². The van der Waals surface area contributed by atoms with Crippen molar-refractivity contribution in [1.82, 2.24) is 5.32 Å². The number of nitrogens with zero attached hydrogens (tertiary/aromatic N) is 1. The first-order valence-corrected chi connectivity index (χ1v) is 7.67. The summed E-state index contributed by atoms with van der Waals surface area (Å²) in [4.78, 5) is 25.0. The number of anilines is 1. The van der Waals surface area contributed by atoms with E-state index in [-0.39, 0.29) is 17.9 Å². The standard InChI is InChI=1S/C18H21F3N2O2/c1-5-7-14(18(19,20)21)11-16(17(25)22-3)23(4)15-9-6-8-13(10-15)12(2)24/h6-11H,5H2,1-4H3,(H,22,25)/b14-7-,16-11-. The molecular weight excluding hydrogens is 333 g/mol. The van der Waals surface area contributed by atoms with Gasteiger partial charge in [-0.3, -0.25) is 9.59 Å². The number of alkyl halides is 3. The number of hydrogen-bond acceptors (Lipinski definition) is 3. The monoisotopic (exact) mass is 354 g/mol. The summed E-state index contributed by atoms with van der Waals surface area (Å²) in [6, 6.07) is 6.34. The van der Waals surface area contributed by atoms with Crippen molar-refractivity contribution in [3.63, 3.8) is 0 Å². The van der Waals surface area contributed by atoms with Gasteiger partial charge in [0.2, 0.25) is 0 Å². The first-order chi connectivity index (χ1) is 11.6. The number of carbonyl (C=O) groups is 2. The average Bonchev–Trinajstić information content (AvgIpc) is 2.56. The molecule has 0 aliphatic heterocycles. The fourth-order valence-electron chi connectivity index (χ4n) is 2.14. The van der Waals surface area contributed by atoms with E-state index < -0.39 is 17.7 Å². The van der Waals surface area contributed by atoms with Crippen LogP contribution in [0.5, 0.6) is 0 Å². The van der Waals surface area contributed by atoms with Gasteiger partial charge in [-0.25, -0.2) is 0 Å². The molecule has 0 bridgehead atoms. The number of hydrogen-bond donors (Lipinski definition) is 1. The van der Waals surface area contributed by atoms with Crippen LogP contribution in [0.15, 0.2) is 47.7 Å². The molecule has 0 aromatic heterocycles. The molecule has 0 aliphatic carbocycles. The Kier molecular flexibility index (Phi) is 6.97. The zero-order valence-electron chi connectivity index (χ0n) is 14.6. The number of amides is 1.